The first kappa shape index (κ1) is 13.9. The summed E-state index contributed by atoms with van der Waals surface area (Å²) in [4.78, 5) is 12.1. The molecule has 0 aliphatic rings. The molecule has 0 saturated carbocycles. The lowest BCUT2D eigenvalue weighted by atomic mass is 10.3. The standard InChI is InChI=1S/C12H11BrClN3O2/c1-2-17-6-8(13)11(16-17)12(19)15-9-5-7(14)3-4-10(9)18/h3-6,18H,2H2,1H3,(H,15,19). The van der Waals surface area contributed by atoms with Gasteiger partial charge in [0.1, 0.15) is 5.75 Å². The van der Waals surface area contributed by atoms with E-state index in [9.17, 15) is 9.90 Å². The Bertz CT molecular complexity index is 627. The van der Waals surface area contributed by atoms with E-state index in [2.05, 4.69) is 26.3 Å². The van der Waals surface area contributed by atoms with Crippen molar-refractivity contribution in [3.63, 3.8) is 0 Å². The number of carbonyl (C=O) groups excluding carboxylic acids is 1. The van der Waals surface area contributed by atoms with Crippen molar-refractivity contribution in [3.8, 4) is 5.75 Å². The SMILES string of the molecule is CCn1cc(Br)c(C(=O)Nc2cc(Cl)ccc2O)n1. The highest BCUT2D eigenvalue weighted by molar-refractivity contribution is 9.10. The van der Waals surface area contributed by atoms with Gasteiger partial charge in [0.2, 0.25) is 0 Å². The molecule has 0 unspecified atom stereocenters. The highest BCUT2D eigenvalue weighted by Gasteiger charge is 2.16. The van der Waals surface area contributed by atoms with Crippen molar-refractivity contribution < 1.29 is 9.90 Å². The van der Waals surface area contributed by atoms with Crippen molar-refractivity contribution >= 4 is 39.1 Å². The Labute approximate surface area is 123 Å². The molecule has 7 heteroatoms. The van der Waals surface area contributed by atoms with E-state index in [0.717, 1.165) is 0 Å². The van der Waals surface area contributed by atoms with Gasteiger partial charge in [0, 0.05) is 17.8 Å². The molecule has 0 fully saturated rings. The fraction of sp³-hybridized carbons (Fsp3) is 0.167. The summed E-state index contributed by atoms with van der Waals surface area (Å²) in [6.45, 7) is 2.58. The molecule has 1 aromatic carbocycles. The maximum absolute atomic E-state index is 12.1. The summed E-state index contributed by atoms with van der Waals surface area (Å²) in [7, 11) is 0. The molecule has 0 atom stereocenters. The van der Waals surface area contributed by atoms with Gasteiger partial charge in [-0.15, -0.1) is 0 Å². The third-order valence-corrected chi connectivity index (χ3v) is 3.28. The summed E-state index contributed by atoms with van der Waals surface area (Å²) >= 11 is 9.08. The Kier molecular flexibility index (Phi) is 4.11. The van der Waals surface area contributed by atoms with Crippen molar-refractivity contribution in [3.05, 3.63) is 39.6 Å². The number of amides is 1. The average molecular weight is 345 g/mol. The first-order valence-corrected chi connectivity index (χ1v) is 6.71. The van der Waals surface area contributed by atoms with E-state index in [4.69, 9.17) is 11.6 Å². The second-order valence-corrected chi connectivity index (χ2v) is 5.09. The number of nitrogens with zero attached hydrogens (tertiary/aromatic N) is 2. The molecule has 5 nitrogen and oxygen atoms in total. The summed E-state index contributed by atoms with van der Waals surface area (Å²) in [5.74, 6) is -0.472. The Balaban J connectivity index is 2.25. The van der Waals surface area contributed by atoms with Gasteiger partial charge in [0.25, 0.3) is 5.91 Å². The van der Waals surface area contributed by atoms with E-state index in [1.165, 1.54) is 18.2 Å². The smallest absolute Gasteiger partial charge is 0.277 e. The maximum Gasteiger partial charge on any atom is 0.277 e. The van der Waals surface area contributed by atoms with Crippen LogP contribution < -0.4 is 5.32 Å². The minimum absolute atomic E-state index is 0.0520. The molecule has 0 aliphatic heterocycles. The van der Waals surface area contributed by atoms with Crippen LogP contribution in [0.15, 0.2) is 28.9 Å². The summed E-state index contributed by atoms with van der Waals surface area (Å²) in [6, 6.07) is 4.42. The van der Waals surface area contributed by atoms with Gasteiger partial charge in [-0.1, -0.05) is 11.6 Å². The van der Waals surface area contributed by atoms with Crippen LogP contribution in [0.25, 0.3) is 0 Å². The van der Waals surface area contributed by atoms with Gasteiger partial charge in [-0.3, -0.25) is 9.48 Å². The number of anilines is 1. The lowest BCUT2D eigenvalue weighted by molar-refractivity contribution is 0.102. The highest BCUT2D eigenvalue weighted by atomic mass is 79.9. The zero-order valence-corrected chi connectivity index (χ0v) is 12.4. The number of nitrogens with one attached hydrogen (secondary N) is 1. The molecule has 100 valence electrons. The molecule has 0 spiro atoms. The molecule has 0 bridgehead atoms. The molecule has 2 rings (SSSR count). The Morgan fingerprint density at radius 3 is 2.95 bits per heavy atom. The van der Waals surface area contributed by atoms with Crippen molar-refractivity contribution in [2.75, 3.05) is 5.32 Å². The Hall–Kier alpha value is -1.53. The van der Waals surface area contributed by atoms with E-state index < -0.39 is 5.91 Å². The second-order valence-electron chi connectivity index (χ2n) is 3.80. The number of rotatable bonds is 3. The topological polar surface area (TPSA) is 67.2 Å². The molecule has 2 N–H and O–H groups in total. The number of aromatic hydroxyl groups is 1. The van der Waals surface area contributed by atoms with Crippen LogP contribution in [0.3, 0.4) is 0 Å². The maximum atomic E-state index is 12.1. The monoisotopic (exact) mass is 343 g/mol. The third-order valence-electron chi connectivity index (χ3n) is 2.46. The number of phenolic OH excluding ortho intramolecular Hbond substituents is 1. The number of aryl methyl sites for hydroxylation is 1. The van der Waals surface area contributed by atoms with Crippen molar-refractivity contribution in [2.24, 2.45) is 0 Å². The summed E-state index contributed by atoms with van der Waals surface area (Å²) < 4.78 is 2.23. The largest absolute Gasteiger partial charge is 0.506 e. The molecule has 1 amide bonds. The van der Waals surface area contributed by atoms with Gasteiger partial charge in [-0.05, 0) is 41.1 Å². The first-order chi connectivity index (χ1) is 9.01. The number of benzene rings is 1. The molecule has 1 heterocycles. The van der Waals surface area contributed by atoms with Gasteiger partial charge < -0.3 is 10.4 Å². The molecule has 1 aromatic heterocycles. The lowest BCUT2D eigenvalue weighted by Crippen LogP contribution is -2.14. The van der Waals surface area contributed by atoms with Gasteiger partial charge in [0.15, 0.2) is 5.69 Å². The van der Waals surface area contributed by atoms with Gasteiger partial charge >= 0.3 is 0 Å². The normalized spacial score (nSPS) is 10.5. The van der Waals surface area contributed by atoms with Gasteiger partial charge in [0.05, 0.1) is 10.2 Å². The molecular formula is C12H11BrClN3O2. The van der Waals surface area contributed by atoms with Crippen LogP contribution in [0.4, 0.5) is 5.69 Å². The van der Waals surface area contributed by atoms with E-state index >= 15 is 0 Å². The fourth-order valence-electron chi connectivity index (χ4n) is 1.50. The third kappa shape index (κ3) is 3.08. The summed E-state index contributed by atoms with van der Waals surface area (Å²) in [6.07, 6.45) is 1.72. The van der Waals surface area contributed by atoms with Crippen molar-refractivity contribution in [2.45, 2.75) is 13.5 Å². The average Bonchev–Trinajstić information content (AvgIpc) is 2.75. The van der Waals surface area contributed by atoms with E-state index in [-0.39, 0.29) is 17.1 Å². The molecule has 0 aliphatic carbocycles. The predicted molar refractivity (Wildman–Crippen MR) is 76.7 cm³/mol. The zero-order chi connectivity index (χ0) is 14.0. The number of hydrogen-bond acceptors (Lipinski definition) is 3. The number of halogens is 2. The first-order valence-electron chi connectivity index (χ1n) is 5.54. The van der Waals surface area contributed by atoms with Crippen LogP contribution in [-0.4, -0.2) is 20.8 Å². The van der Waals surface area contributed by atoms with Gasteiger partial charge in [-0.2, -0.15) is 5.10 Å². The van der Waals surface area contributed by atoms with Crippen LogP contribution in [-0.2, 0) is 6.54 Å². The van der Waals surface area contributed by atoms with Gasteiger partial charge in [-0.25, -0.2) is 0 Å². The minimum atomic E-state index is -0.420. The van der Waals surface area contributed by atoms with E-state index in [0.29, 0.717) is 16.0 Å². The number of hydrogen-bond donors (Lipinski definition) is 2. The van der Waals surface area contributed by atoms with Crippen LogP contribution in [0.2, 0.25) is 5.02 Å². The van der Waals surface area contributed by atoms with Crippen LogP contribution in [0, 0.1) is 0 Å². The van der Waals surface area contributed by atoms with Crippen LogP contribution in [0.5, 0.6) is 5.75 Å². The Morgan fingerprint density at radius 2 is 2.32 bits per heavy atom. The highest BCUT2D eigenvalue weighted by Crippen LogP contribution is 2.27. The molecule has 0 radical (unpaired) electrons. The summed E-state index contributed by atoms with van der Waals surface area (Å²) in [5.41, 5.74) is 0.497. The fourth-order valence-corrected chi connectivity index (χ4v) is 2.17. The van der Waals surface area contributed by atoms with E-state index in [1.807, 2.05) is 6.92 Å². The second kappa shape index (κ2) is 5.63. The van der Waals surface area contributed by atoms with E-state index in [1.54, 1.807) is 10.9 Å². The molecular weight excluding hydrogens is 334 g/mol. The Morgan fingerprint density at radius 1 is 1.58 bits per heavy atom. The van der Waals surface area contributed by atoms with Crippen LogP contribution in [0.1, 0.15) is 17.4 Å². The van der Waals surface area contributed by atoms with Crippen molar-refractivity contribution in [1.82, 2.24) is 9.78 Å². The van der Waals surface area contributed by atoms with Crippen molar-refractivity contribution in [1.29, 1.82) is 0 Å². The number of carbonyl (C=O) groups is 1. The molecule has 0 saturated heterocycles. The van der Waals surface area contributed by atoms with Crippen LogP contribution >= 0.6 is 27.5 Å². The number of phenols is 1. The lowest BCUT2D eigenvalue weighted by Gasteiger charge is -2.06. The predicted octanol–water partition coefficient (Wildman–Crippen LogP) is 3.28. The number of aromatic nitrogens is 2. The quantitative estimate of drug-likeness (QED) is 0.840. The molecule has 2 aromatic rings. The molecule has 19 heavy (non-hydrogen) atoms. The minimum Gasteiger partial charge on any atom is -0.506 e. The summed E-state index contributed by atoms with van der Waals surface area (Å²) in [5, 5.41) is 16.7. The zero-order valence-electron chi connectivity index (χ0n) is 10.0.